The highest BCUT2D eigenvalue weighted by Crippen LogP contribution is 2.28. The topological polar surface area (TPSA) is 88.9 Å². The van der Waals surface area contributed by atoms with Crippen LogP contribution in [-0.2, 0) is 11.2 Å². The summed E-state index contributed by atoms with van der Waals surface area (Å²) < 4.78 is 1.88. The third-order valence-electron chi connectivity index (χ3n) is 6.52. The fraction of sp³-hybridized carbons (Fsp3) is 0.125. The maximum absolute atomic E-state index is 12.5. The molecule has 7 nitrogen and oxygen atoms in total. The SMILES string of the molecule is CNC(=O)CCc1cc(-c2ccc(-c3ccc(C)cc3)cc2)n(-c2ccc(NC(=O)c3ccncc3)cc2)n1. The summed E-state index contributed by atoms with van der Waals surface area (Å²) in [5.74, 6) is -0.224. The number of hydrogen-bond acceptors (Lipinski definition) is 4. The molecule has 0 spiro atoms. The largest absolute Gasteiger partial charge is 0.359 e. The quantitative estimate of drug-likeness (QED) is 0.272. The molecule has 0 aliphatic carbocycles. The molecule has 5 aromatic rings. The number of carbonyl (C=O) groups excluding carboxylic acids is 2. The van der Waals surface area contributed by atoms with Gasteiger partial charge in [0.1, 0.15) is 0 Å². The lowest BCUT2D eigenvalue weighted by molar-refractivity contribution is -0.120. The molecule has 0 aliphatic rings. The van der Waals surface area contributed by atoms with Crippen LogP contribution in [0.4, 0.5) is 5.69 Å². The van der Waals surface area contributed by atoms with Crippen LogP contribution in [0.5, 0.6) is 0 Å². The number of pyridine rings is 1. The third-order valence-corrected chi connectivity index (χ3v) is 6.52. The van der Waals surface area contributed by atoms with Crippen molar-refractivity contribution in [2.24, 2.45) is 0 Å². The van der Waals surface area contributed by atoms with E-state index in [1.54, 1.807) is 31.6 Å². The van der Waals surface area contributed by atoms with Crippen molar-refractivity contribution < 1.29 is 9.59 Å². The minimum Gasteiger partial charge on any atom is -0.359 e. The predicted octanol–water partition coefficient (Wildman–Crippen LogP) is 5.84. The van der Waals surface area contributed by atoms with Crippen LogP contribution >= 0.6 is 0 Å². The van der Waals surface area contributed by atoms with E-state index in [2.05, 4.69) is 71.1 Å². The van der Waals surface area contributed by atoms with Gasteiger partial charge in [-0.1, -0.05) is 54.1 Å². The van der Waals surface area contributed by atoms with Crippen molar-refractivity contribution in [2.45, 2.75) is 19.8 Å². The summed E-state index contributed by atoms with van der Waals surface area (Å²) in [5, 5.41) is 10.4. The lowest BCUT2D eigenvalue weighted by atomic mass is 10.0. The van der Waals surface area contributed by atoms with E-state index >= 15 is 0 Å². The van der Waals surface area contributed by atoms with Gasteiger partial charge in [-0.25, -0.2) is 4.68 Å². The molecule has 2 amide bonds. The Bertz CT molecular complexity index is 1570. The average Bonchev–Trinajstić information content (AvgIpc) is 3.41. The van der Waals surface area contributed by atoms with E-state index < -0.39 is 0 Å². The van der Waals surface area contributed by atoms with Gasteiger partial charge in [-0.3, -0.25) is 14.6 Å². The van der Waals surface area contributed by atoms with Crippen LogP contribution in [0.15, 0.2) is 103 Å². The molecule has 2 aromatic heterocycles. The van der Waals surface area contributed by atoms with Crippen molar-refractivity contribution in [1.29, 1.82) is 0 Å². The molecule has 3 aromatic carbocycles. The normalized spacial score (nSPS) is 10.7. The molecule has 5 rings (SSSR count). The van der Waals surface area contributed by atoms with E-state index in [1.807, 2.05) is 35.0 Å². The summed E-state index contributed by atoms with van der Waals surface area (Å²) in [6, 6.07) is 29.8. The number of amides is 2. The van der Waals surface area contributed by atoms with Gasteiger partial charge in [0.2, 0.25) is 5.91 Å². The molecule has 194 valence electrons. The number of rotatable bonds is 8. The summed E-state index contributed by atoms with van der Waals surface area (Å²) in [7, 11) is 1.64. The second-order valence-corrected chi connectivity index (χ2v) is 9.29. The van der Waals surface area contributed by atoms with E-state index in [-0.39, 0.29) is 11.8 Å². The third kappa shape index (κ3) is 6.10. The molecule has 39 heavy (non-hydrogen) atoms. The summed E-state index contributed by atoms with van der Waals surface area (Å²) in [5.41, 5.74) is 8.36. The van der Waals surface area contributed by atoms with Crippen molar-refractivity contribution in [2.75, 3.05) is 12.4 Å². The van der Waals surface area contributed by atoms with Crippen LogP contribution in [0.1, 0.15) is 28.0 Å². The van der Waals surface area contributed by atoms with Crippen LogP contribution in [0.3, 0.4) is 0 Å². The molecule has 0 fully saturated rings. The summed E-state index contributed by atoms with van der Waals surface area (Å²) in [6.45, 7) is 2.08. The van der Waals surface area contributed by atoms with E-state index in [0.29, 0.717) is 24.1 Å². The first-order chi connectivity index (χ1) is 19.0. The first-order valence-electron chi connectivity index (χ1n) is 12.8. The predicted molar refractivity (Wildman–Crippen MR) is 154 cm³/mol. The molecule has 0 bridgehead atoms. The van der Waals surface area contributed by atoms with Crippen molar-refractivity contribution in [1.82, 2.24) is 20.1 Å². The summed E-state index contributed by atoms with van der Waals surface area (Å²) >= 11 is 0. The number of anilines is 1. The highest BCUT2D eigenvalue weighted by molar-refractivity contribution is 6.04. The van der Waals surface area contributed by atoms with E-state index in [4.69, 9.17) is 5.10 Å². The summed E-state index contributed by atoms with van der Waals surface area (Å²) in [6.07, 6.45) is 4.07. The number of carbonyl (C=O) groups is 2. The zero-order valence-corrected chi connectivity index (χ0v) is 21.9. The van der Waals surface area contributed by atoms with Gasteiger partial charge < -0.3 is 10.6 Å². The molecule has 0 saturated heterocycles. The first-order valence-corrected chi connectivity index (χ1v) is 12.8. The van der Waals surface area contributed by atoms with Crippen LogP contribution in [-0.4, -0.2) is 33.6 Å². The van der Waals surface area contributed by atoms with Gasteiger partial charge in [0.25, 0.3) is 5.91 Å². The van der Waals surface area contributed by atoms with Crippen LogP contribution in [0.25, 0.3) is 28.1 Å². The van der Waals surface area contributed by atoms with Gasteiger partial charge in [0.05, 0.1) is 17.1 Å². The Labute approximate surface area is 227 Å². The lowest BCUT2D eigenvalue weighted by Crippen LogP contribution is -2.18. The maximum atomic E-state index is 12.5. The number of aryl methyl sites for hydroxylation is 2. The highest BCUT2D eigenvalue weighted by Gasteiger charge is 2.14. The first kappa shape index (κ1) is 25.6. The minimum absolute atomic E-state index is 0.0251. The molecular weight excluding hydrogens is 486 g/mol. The maximum Gasteiger partial charge on any atom is 0.255 e. The fourth-order valence-corrected chi connectivity index (χ4v) is 4.29. The molecule has 0 unspecified atom stereocenters. The van der Waals surface area contributed by atoms with Gasteiger partial charge in [-0.2, -0.15) is 5.10 Å². The smallest absolute Gasteiger partial charge is 0.255 e. The number of aromatic nitrogens is 3. The zero-order chi connectivity index (χ0) is 27.2. The minimum atomic E-state index is -0.199. The van der Waals surface area contributed by atoms with Crippen LogP contribution < -0.4 is 10.6 Å². The number of nitrogens with one attached hydrogen (secondary N) is 2. The lowest BCUT2D eigenvalue weighted by Gasteiger charge is -2.10. The van der Waals surface area contributed by atoms with E-state index in [9.17, 15) is 9.59 Å². The highest BCUT2D eigenvalue weighted by atomic mass is 16.2. The Morgan fingerprint density at radius 2 is 1.41 bits per heavy atom. The van der Waals surface area contributed by atoms with E-state index in [0.717, 1.165) is 33.8 Å². The molecule has 2 N–H and O–H groups in total. The Kier molecular flexibility index (Phi) is 7.59. The molecule has 0 radical (unpaired) electrons. The van der Waals surface area contributed by atoms with Crippen LogP contribution in [0.2, 0.25) is 0 Å². The Hall–Kier alpha value is -5.04. The zero-order valence-electron chi connectivity index (χ0n) is 21.9. The number of nitrogens with zero attached hydrogens (tertiary/aromatic N) is 3. The Morgan fingerprint density at radius 3 is 2.05 bits per heavy atom. The van der Waals surface area contributed by atoms with Gasteiger partial charge in [-0.15, -0.1) is 0 Å². The molecule has 2 heterocycles. The Morgan fingerprint density at radius 1 is 0.795 bits per heavy atom. The van der Waals surface area contributed by atoms with Gasteiger partial charge >= 0.3 is 0 Å². The second kappa shape index (κ2) is 11.6. The fourth-order valence-electron chi connectivity index (χ4n) is 4.29. The van der Waals surface area contributed by atoms with Gasteiger partial charge in [0.15, 0.2) is 0 Å². The molecule has 0 saturated carbocycles. The molecule has 0 atom stereocenters. The van der Waals surface area contributed by atoms with Crippen molar-refractivity contribution in [3.8, 4) is 28.1 Å². The van der Waals surface area contributed by atoms with Gasteiger partial charge in [-0.05, 0) is 60.5 Å². The standard InChI is InChI=1S/C32H29N5O2/c1-22-3-5-23(6-4-22)24-7-9-25(10-8-24)30-21-28(13-16-31(38)33-2)36-37(30)29-14-11-27(12-15-29)35-32(39)26-17-19-34-20-18-26/h3-12,14-15,17-21H,13,16H2,1-2H3,(H,33,38)(H,35,39). The second-order valence-electron chi connectivity index (χ2n) is 9.29. The summed E-state index contributed by atoms with van der Waals surface area (Å²) in [4.78, 5) is 28.3. The average molecular weight is 516 g/mol. The van der Waals surface area contributed by atoms with E-state index in [1.165, 1.54) is 5.56 Å². The number of benzene rings is 3. The van der Waals surface area contributed by atoms with Crippen molar-refractivity contribution in [3.05, 3.63) is 120 Å². The monoisotopic (exact) mass is 515 g/mol. The van der Waals surface area contributed by atoms with Crippen molar-refractivity contribution in [3.63, 3.8) is 0 Å². The van der Waals surface area contributed by atoms with Gasteiger partial charge in [0, 0.05) is 49.1 Å². The molecule has 7 heteroatoms. The van der Waals surface area contributed by atoms with Crippen molar-refractivity contribution >= 4 is 17.5 Å². The Balaban J connectivity index is 1.43. The molecular formula is C32H29N5O2. The number of hydrogen-bond donors (Lipinski definition) is 2. The van der Waals surface area contributed by atoms with Crippen LogP contribution in [0, 0.1) is 6.92 Å². The molecule has 0 aliphatic heterocycles.